The van der Waals surface area contributed by atoms with Gasteiger partial charge in [0.15, 0.2) is 0 Å². The molecule has 126 valence electrons. The maximum absolute atomic E-state index is 12.6. The highest BCUT2D eigenvalue weighted by molar-refractivity contribution is 5.99. The average molecular weight is 328 g/mol. The third-order valence-electron chi connectivity index (χ3n) is 4.83. The number of anilines is 1. The van der Waals surface area contributed by atoms with Crippen molar-refractivity contribution in [2.24, 2.45) is 23.7 Å². The molecule has 2 aliphatic rings. The van der Waals surface area contributed by atoms with Crippen LogP contribution in [-0.2, 0) is 9.59 Å². The molecule has 6 heteroatoms. The third kappa shape index (κ3) is 2.79. The van der Waals surface area contributed by atoms with Gasteiger partial charge in [0.2, 0.25) is 5.91 Å². The molecule has 2 N–H and O–H groups in total. The molecular formula is C18H20N2O4. The van der Waals surface area contributed by atoms with Crippen LogP contribution in [0.3, 0.4) is 0 Å². The Morgan fingerprint density at radius 1 is 1.12 bits per heavy atom. The summed E-state index contributed by atoms with van der Waals surface area (Å²) < 4.78 is 0. The Balaban J connectivity index is 1.78. The molecule has 0 aromatic heterocycles. The van der Waals surface area contributed by atoms with Gasteiger partial charge in [0.1, 0.15) is 0 Å². The number of allylic oxidation sites excluding steroid dienone is 2. The zero-order valence-corrected chi connectivity index (χ0v) is 13.6. The molecule has 0 aliphatic heterocycles. The number of hydrogen-bond acceptors (Lipinski definition) is 3. The van der Waals surface area contributed by atoms with Gasteiger partial charge in [0.05, 0.1) is 11.8 Å². The molecule has 0 spiro atoms. The molecule has 0 saturated heterocycles. The number of aliphatic carboxylic acids is 1. The van der Waals surface area contributed by atoms with Gasteiger partial charge in [-0.05, 0) is 36.5 Å². The number of carbonyl (C=O) groups excluding carboxylic acids is 2. The maximum Gasteiger partial charge on any atom is 0.307 e. The molecule has 2 bridgehead atoms. The van der Waals surface area contributed by atoms with Gasteiger partial charge in [0.25, 0.3) is 5.91 Å². The Labute approximate surface area is 140 Å². The summed E-state index contributed by atoms with van der Waals surface area (Å²) in [5.41, 5.74) is 0.976. The SMILES string of the molecule is CN(C)C(=O)c1cccc(NC(=O)C2C3C=CC(C3)C2C(=O)O)c1. The van der Waals surface area contributed by atoms with Crippen molar-refractivity contribution in [1.29, 1.82) is 0 Å². The van der Waals surface area contributed by atoms with Gasteiger partial charge in [-0.25, -0.2) is 0 Å². The Kier molecular flexibility index (Phi) is 4.13. The molecule has 0 radical (unpaired) electrons. The first-order valence-corrected chi connectivity index (χ1v) is 7.92. The molecule has 0 heterocycles. The summed E-state index contributed by atoms with van der Waals surface area (Å²) in [6, 6.07) is 6.68. The van der Waals surface area contributed by atoms with Gasteiger partial charge in [0, 0.05) is 25.3 Å². The molecular weight excluding hydrogens is 308 g/mol. The van der Waals surface area contributed by atoms with Gasteiger partial charge in [-0.3, -0.25) is 14.4 Å². The highest BCUT2D eigenvalue weighted by Gasteiger charge is 2.51. The predicted octanol–water partition coefficient (Wildman–Crippen LogP) is 1.85. The summed E-state index contributed by atoms with van der Waals surface area (Å²) in [5, 5.41) is 12.2. The van der Waals surface area contributed by atoms with Gasteiger partial charge in [-0.1, -0.05) is 18.2 Å². The van der Waals surface area contributed by atoms with Crippen LogP contribution in [0, 0.1) is 23.7 Å². The zero-order chi connectivity index (χ0) is 17.4. The van der Waals surface area contributed by atoms with Crippen LogP contribution in [0.15, 0.2) is 36.4 Å². The van der Waals surface area contributed by atoms with Crippen LogP contribution in [0.25, 0.3) is 0 Å². The van der Waals surface area contributed by atoms with Crippen LogP contribution in [0.4, 0.5) is 5.69 Å². The first-order chi connectivity index (χ1) is 11.4. The fourth-order valence-electron chi connectivity index (χ4n) is 3.73. The normalized spacial score (nSPS) is 27.1. The summed E-state index contributed by atoms with van der Waals surface area (Å²) in [7, 11) is 3.32. The number of hydrogen-bond donors (Lipinski definition) is 2. The van der Waals surface area contributed by atoms with Gasteiger partial charge < -0.3 is 15.3 Å². The van der Waals surface area contributed by atoms with Gasteiger partial charge in [-0.2, -0.15) is 0 Å². The van der Waals surface area contributed by atoms with E-state index in [1.807, 2.05) is 12.2 Å². The molecule has 2 aliphatic carbocycles. The predicted molar refractivity (Wildman–Crippen MR) is 88.4 cm³/mol. The van der Waals surface area contributed by atoms with E-state index in [0.29, 0.717) is 17.7 Å². The minimum Gasteiger partial charge on any atom is -0.481 e. The van der Waals surface area contributed by atoms with E-state index in [4.69, 9.17) is 0 Å². The summed E-state index contributed by atoms with van der Waals surface area (Å²) in [6.07, 6.45) is 4.57. The molecule has 4 unspecified atom stereocenters. The highest BCUT2D eigenvalue weighted by Crippen LogP contribution is 2.48. The lowest BCUT2D eigenvalue weighted by molar-refractivity contribution is -0.146. The van der Waals surface area contributed by atoms with Crippen molar-refractivity contribution in [3.05, 3.63) is 42.0 Å². The lowest BCUT2D eigenvalue weighted by Crippen LogP contribution is -2.36. The van der Waals surface area contributed by atoms with Gasteiger partial charge >= 0.3 is 5.97 Å². The molecule has 3 rings (SSSR count). The standard InChI is InChI=1S/C18H20N2O4/c1-20(2)17(22)12-4-3-5-13(9-12)19-16(21)14-10-6-7-11(8-10)15(14)18(23)24/h3-7,9-11,14-15H,8H2,1-2H3,(H,19,21)(H,23,24). The fourth-order valence-corrected chi connectivity index (χ4v) is 3.73. The van der Waals surface area contributed by atoms with E-state index in [2.05, 4.69) is 5.32 Å². The highest BCUT2D eigenvalue weighted by atomic mass is 16.4. The van der Waals surface area contributed by atoms with Crippen LogP contribution in [0.1, 0.15) is 16.8 Å². The van der Waals surface area contributed by atoms with Gasteiger partial charge in [-0.15, -0.1) is 0 Å². The fraction of sp³-hybridized carbons (Fsp3) is 0.389. The first kappa shape index (κ1) is 16.2. The monoisotopic (exact) mass is 328 g/mol. The summed E-state index contributed by atoms with van der Waals surface area (Å²) in [5.74, 6) is -2.71. The van der Waals surface area contributed by atoms with Crippen molar-refractivity contribution in [1.82, 2.24) is 4.90 Å². The molecule has 1 aromatic carbocycles. The summed E-state index contributed by atoms with van der Waals surface area (Å²) in [4.78, 5) is 37.6. The van der Waals surface area contributed by atoms with Crippen molar-refractivity contribution in [3.63, 3.8) is 0 Å². The largest absolute Gasteiger partial charge is 0.481 e. The number of fused-ring (bicyclic) bond motifs is 2. The van der Waals surface area contributed by atoms with Crippen molar-refractivity contribution >= 4 is 23.5 Å². The van der Waals surface area contributed by atoms with Crippen LogP contribution in [0.2, 0.25) is 0 Å². The number of nitrogens with one attached hydrogen (secondary N) is 1. The Hall–Kier alpha value is -2.63. The third-order valence-corrected chi connectivity index (χ3v) is 4.83. The molecule has 1 saturated carbocycles. The Morgan fingerprint density at radius 3 is 2.42 bits per heavy atom. The van der Waals surface area contributed by atoms with Crippen LogP contribution in [-0.4, -0.2) is 41.9 Å². The van der Waals surface area contributed by atoms with Crippen molar-refractivity contribution < 1.29 is 19.5 Å². The van der Waals surface area contributed by atoms with E-state index in [-0.39, 0.29) is 23.7 Å². The number of rotatable bonds is 4. The Bertz CT molecular complexity index is 725. The van der Waals surface area contributed by atoms with E-state index >= 15 is 0 Å². The topological polar surface area (TPSA) is 86.7 Å². The second-order valence-electron chi connectivity index (χ2n) is 6.61. The van der Waals surface area contributed by atoms with Crippen molar-refractivity contribution in [2.75, 3.05) is 19.4 Å². The first-order valence-electron chi connectivity index (χ1n) is 7.92. The number of benzene rings is 1. The zero-order valence-electron chi connectivity index (χ0n) is 13.6. The quantitative estimate of drug-likeness (QED) is 0.826. The van der Waals surface area contributed by atoms with E-state index in [1.165, 1.54) is 4.90 Å². The number of amides is 2. The minimum absolute atomic E-state index is 0.0253. The smallest absolute Gasteiger partial charge is 0.307 e. The summed E-state index contributed by atoms with van der Waals surface area (Å²) in [6.45, 7) is 0. The number of carboxylic acids is 1. The lowest BCUT2D eigenvalue weighted by atomic mass is 9.82. The van der Waals surface area contributed by atoms with E-state index < -0.39 is 17.8 Å². The Morgan fingerprint density at radius 2 is 1.79 bits per heavy atom. The molecule has 1 fully saturated rings. The average Bonchev–Trinajstić information content (AvgIpc) is 3.15. The van der Waals surface area contributed by atoms with Crippen LogP contribution < -0.4 is 5.32 Å². The van der Waals surface area contributed by atoms with E-state index in [1.54, 1.807) is 38.4 Å². The molecule has 4 atom stereocenters. The molecule has 1 aromatic rings. The number of carbonyl (C=O) groups is 3. The molecule has 24 heavy (non-hydrogen) atoms. The van der Waals surface area contributed by atoms with Crippen molar-refractivity contribution in [2.45, 2.75) is 6.42 Å². The molecule has 2 amide bonds. The number of carboxylic acid groups (broad SMARTS) is 1. The van der Waals surface area contributed by atoms with E-state index in [9.17, 15) is 19.5 Å². The summed E-state index contributed by atoms with van der Waals surface area (Å²) >= 11 is 0. The second-order valence-corrected chi connectivity index (χ2v) is 6.61. The van der Waals surface area contributed by atoms with Crippen molar-refractivity contribution in [3.8, 4) is 0 Å². The second kappa shape index (κ2) is 6.11. The van der Waals surface area contributed by atoms with Crippen LogP contribution in [0.5, 0.6) is 0 Å². The lowest BCUT2D eigenvalue weighted by Gasteiger charge is -2.24. The minimum atomic E-state index is -0.927. The maximum atomic E-state index is 12.6. The molecule has 6 nitrogen and oxygen atoms in total. The number of nitrogens with zero attached hydrogens (tertiary/aromatic N) is 1. The van der Waals surface area contributed by atoms with Crippen LogP contribution >= 0.6 is 0 Å². The van der Waals surface area contributed by atoms with E-state index in [0.717, 1.165) is 0 Å².